The molecule has 20 heavy (non-hydrogen) atoms. The number of imidazole rings is 1. The van der Waals surface area contributed by atoms with Gasteiger partial charge in [0.2, 0.25) is 5.95 Å². The molecule has 1 heterocycles. The highest BCUT2D eigenvalue weighted by Crippen LogP contribution is 2.26. The first-order valence-corrected chi connectivity index (χ1v) is 6.99. The summed E-state index contributed by atoms with van der Waals surface area (Å²) in [7, 11) is 4.12. The van der Waals surface area contributed by atoms with Crippen molar-refractivity contribution in [2.75, 3.05) is 24.3 Å². The van der Waals surface area contributed by atoms with Gasteiger partial charge >= 0.3 is 0 Å². The van der Waals surface area contributed by atoms with Gasteiger partial charge in [-0.15, -0.1) is 0 Å². The van der Waals surface area contributed by atoms with Gasteiger partial charge in [-0.1, -0.05) is 6.07 Å². The molecule has 2 rings (SSSR count). The number of rotatable bonds is 4. The summed E-state index contributed by atoms with van der Waals surface area (Å²) in [5, 5.41) is 3.42. The van der Waals surface area contributed by atoms with E-state index in [0.29, 0.717) is 6.04 Å². The lowest BCUT2D eigenvalue weighted by atomic mass is 10.1. The zero-order valence-corrected chi connectivity index (χ0v) is 13.2. The summed E-state index contributed by atoms with van der Waals surface area (Å²) in [5.74, 6) is 0.894. The van der Waals surface area contributed by atoms with Crippen LogP contribution in [0.1, 0.15) is 31.1 Å². The smallest absolute Gasteiger partial charge is 0.207 e. The minimum Gasteiger partial charge on any atom is -0.377 e. The summed E-state index contributed by atoms with van der Waals surface area (Å²) >= 11 is 0. The van der Waals surface area contributed by atoms with Gasteiger partial charge in [0.1, 0.15) is 0 Å². The second kappa shape index (κ2) is 5.57. The number of nitrogens with zero attached hydrogens (tertiary/aromatic N) is 3. The molecule has 0 bridgehead atoms. The van der Waals surface area contributed by atoms with Crippen LogP contribution in [-0.2, 0) is 0 Å². The van der Waals surface area contributed by atoms with Crippen molar-refractivity contribution in [2.24, 2.45) is 0 Å². The summed E-state index contributed by atoms with van der Waals surface area (Å²) in [4.78, 5) is 6.69. The van der Waals surface area contributed by atoms with Gasteiger partial charge in [-0.3, -0.25) is 0 Å². The lowest BCUT2D eigenvalue weighted by molar-refractivity contribution is 0.607. The van der Waals surface area contributed by atoms with E-state index in [2.05, 4.69) is 79.0 Å². The normalized spacial score (nSPS) is 10.9. The van der Waals surface area contributed by atoms with Crippen molar-refractivity contribution < 1.29 is 0 Å². The average Bonchev–Trinajstić information content (AvgIpc) is 2.72. The highest BCUT2D eigenvalue weighted by Gasteiger charge is 2.10. The first-order valence-electron chi connectivity index (χ1n) is 6.99. The molecule has 4 nitrogen and oxygen atoms in total. The molecule has 0 fully saturated rings. The zero-order valence-electron chi connectivity index (χ0n) is 13.2. The van der Waals surface area contributed by atoms with Crippen molar-refractivity contribution in [3.63, 3.8) is 0 Å². The van der Waals surface area contributed by atoms with Gasteiger partial charge in [0, 0.05) is 37.7 Å². The van der Waals surface area contributed by atoms with E-state index in [9.17, 15) is 0 Å². The topological polar surface area (TPSA) is 33.1 Å². The second-order valence-corrected chi connectivity index (χ2v) is 5.73. The van der Waals surface area contributed by atoms with Crippen molar-refractivity contribution in [1.29, 1.82) is 0 Å². The quantitative estimate of drug-likeness (QED) is 0.916. The second-order valence-electron chi connectivity index (χ2n) is 5.73. The van der Waals surface area contributed by atoms with Crippen molar-refractivity contribution in [2.45, 2.75) is 33.7 Å². The van der Waals surface area contributed by atoms with E-state index in [0.717, 1.165) is 17.3 Å². The minimum atomic E-state index is 0.387. The Bertz CT molecular complexity index is 597. The van der Waals surface area contributed by atoms with Crippen LogP contribution in [0.5, 0.6) is 0 Å². The van der Waals surface area contributed by atoms with Gasteiger partial charge in [-0.25, -0.2) is 4.98 Å². The van der Waals surface area contributed by atoms with E-state index in [4.69, 9.17) is 0 Å². The molecule has 0 spiro atoms. The van der Waals surface area contributed by atoms with Crippen LogP contribution in [0.2, 0.25) is 0 Å². The Balaban J connectivity index is 2.33. The molecule has 1 aromatic carbocycles. The summed E-state index contributed by atoms with van der Waals surface area (Å²) in [6.45, 7) is 8.46. The lowest BCUT2D eigenvalue weighted by Crippen LogP contribution is -2.11. The van der Waals surface area contributed by atoms with Crippen molar-refractivity contribution in [3.05, 3.63) is 35.7 Å². The first kappa shape index (κ1) is 14.4. The maximum absolute atomic E-state index is 4.56. The molecule has 108 valence electrons. The van der Waals surface area contributed by atoms with Crippen molar-refractivity contribution in [1.82, 2.24) is 9.55 Å². The van der Waals surface area contributed by atoms with E-state index < -0.39 is 0 Å². The lowest BCUT2D eigenvalue weighted by Gasteiger charge is -2.18. The number of hydrogen-bond acceptors (Lipinski definition) is 3. The number of nitrogens with one attached hydrogen (secondary N) is 1. The predicted octanol–water partition coefficient (Wildman–Crippen LogP) is 3.89. The van der Waals surface area contributed by atoms with E-state index >= 15 is 0 Å². The molecule has 1 N–H and O–H groups in total. The summed E-state index contributed by atoms with van der Waals surface area (Å²) < 4.78 is 2.16. The highest BCUT2D eigenvalue weighted by atomic mass is 15.2. The third-order valence-corrected chi connectivity index (χ3v) is 3.36. The molecule has 0 aliphatic heterocycles. The van der Waals surface area contributed by atoms with Gasteiger partial charge in [-0.2, -0.15) is 0 Å². The third-order valence-electron chi connectivity index (χ3n) is 3.36. The SMILES string of the molecule is Cc1cn(C(C)C)c(Nc2ccc(C)c(N(C)C)c2)n1. The summed E-state index contributed by atoms with van der Waals surface area (Å²) in [6.07, 6.45) is 2.08. The van der Waals surface area contributed by atoms with E-state index in [1.165, 1.54) is 11.3 Å². The van der Waals surface area contributed by atoms with Crippen LogP contribution >= 0.6 is 0 Å². The van der Waals surface area contributed by atoms with Gasteiger partial charge in [0.05, 0.1) is 5.69 Å². The first-order chi connectivity index (χ1) is 9.38. The van der Waals surface area contributed by atoms with Crippen molar-refractivity contribution >= 4 is 17.3 Å². The maximum Gasteiger partial charge on any atom is 0.207 e. The number of aryl methyl sites for hydroxylation is 2. The predicted molar refractivity (Wildman–Crippen MR) is 86.1 cm³/mol. The summed E-state index contributed by atoms with van der Waals surface area (Å²) in [6, 6.07) is 6.77. The Kier molecular flexibility index (Phi) is 4.02. The molecule has 2 aromatic rings. The molecule has 0 saturated heterocycles. The molecule has 4 heteroatoms. The van der Waals surface area contributed by atoms with E-state index in [-0.39, 0.29) is 0 Å². The van der Waals surface area contributed by atoms with Crippen LogP contribution in [0.4, 0.5) is 17.3 Å². The Morgan fingerprint density at radius 2 is 1.90 bits per heavy atom. The summed E-state index contributed by atoms with van der Waals surface area (Å²) in [5.41, 5.74) is 4.58. The fourth-order valence-electron chi connectivity index (χ4n) is 2.30. The zero-order chi connectivity index (χ0) is 14.9. The molecule has 0 atom stereocenters. The molecule has 0 saturated carbocycles. The monoisotopic (exact) mass is 272 g/mol. The molecule has 0 aliphatic rings. The average molecular weight is 272 g/mol. The maximum atomic E-state index is 4.56. The number of hydrogen-bond donors (Lipinski definition) is 1. The third kappa shape index (κ3) is 2.95. The van der Waals surface area contributed by atoms with Crippen LogP contribution in [0.3, 0.4) is 0 Å². The number of aromatic nitrogens is 2. The fraction of sp³-hybridized carbons (Fsp3) is 0.438. The largest absolute Gasteiger partial charge is 0.377 e. The molecule has 0 radical (unpaired) electrons. The van der Waals surface area contributed by atoms with Crippen LogP contribution in [0.25, 0.3) is 0 Å². The van der Waals surface area contributed by atoms with Crippen LogP contribution in [0, 0.1) is 13.8 Å². The Morgan fingerprint density at radius 3 is 2.50 bits per heavy atom. The van der Waals surface area contributed by atoms with E-state index in [1.807, 2.05) is 6.92 Å². The van der Waals surface area contributed by atoms with Crippen LogP contribution < -0.4 is 10.2 Å². The van der Waals surface area contributed by atoms with Crippen LogP contribution in [0.15, 0.2) is 24.4 Å². The standard InChI is InChI=1S/C16H24N4/c1-11(2)20-10-13(4)17-16(20)18-14-8-7-12(3)15(9-14)19(5)6/h7-11H,1-6H3,(H,17,18). The molecule has 0 aliphatic carbocycles. The highest BCUT2D eigenvalue weighted by molar-refractivity contribution is 5.65. The molecule has 0 amide bonds. The van der Waals surface area contributed by atoms with E-state index in [1.54, 1.807) is 0 Å². The molecular weight excluding hydrogens is 248 g/mol. The van der Waals surface area contributed by atoms with Gasteiger partial charge in [0.25, 0.3) is 0 Å². The Morgan fingerprint density at radius 1 is 1.20 bits per heavy atom. The molecule has 0 unspecified atom stereocenters. The number of anilines is 3. The van der Waals surface area contributed by atoms with Gasteiger partial charge in [0.15, 0.2) is 0 Å². The number of benzene rings is 1. The fourth-order valence-corrected chi connectivity index (χ4v) is 2.30. The molecule has 1 aromatic heterocycles. The van der Waals surface area contributed by atoms with Gasteiger partial charge in [-0.05, 0) is 45.4 Å². The minimum absolute atomic E-state index is 0.387. The van der Waals surface area contributed by atoms with Crippen molar-refractivity contribution in [3.8, 4) is 0 Å². The van der Waals surface area contributed by atoms with Crippen LogP contribution in [-0.4, -0.2) is 23.6 Å². The Hall–Kier alpha value is -1.97. The molecular formula is C16H24N4. The Labute approximate surface area is 121 Å². The van der Waals surface area contributed by atoms with Gasteiger partial charge < -0.3 is 14.8 Å².